The van der Waals surface area contributed by atoms with Gasteiger partial charge in [-0.3, -0.25) is 4.79 Å². The van der Waals surface area contributed by atoms with E-state index in [4.69, 9.17) is 4.42 Å². The number of hydrogen-bond donors (Lipinski definition) is 2. The summed E-state index contributed by atoms with van der Waals surface area (Å²) in [6, 6.07) is 9.20. The quantitative estimate of drug-likeness (QED) is 0.784. The Bertz CT molecular complexity index is 716. The van der Waals surface area contributed by atoms with Gasteiger partial charge in [-0.25, -0.2) is 4.79 Å². The maximum Gasteiger partial charge on any atom is 0.373 e. The predicted molar refractivity (Wildman–Crippen MR) is 90.1 cm³/mol. The molecule has 24 heavy (non-hydrogen) atoms. The average molecular weight is 331 g/mol. The van der Waals surface area contributed by atoms with Crippen molar-refractivity contribution in [2.45, 2.75) is 20.4 Å². The molecule has 2 rings (SSSR count). The fourth-order valence-electron chi connectivity index (χ4n) is 2.51. The molecule has 0 aliphatic carbocycles. The fourth-order valence-corrected chi connectivity index (χ4v) is 2.51. The third-order valence-corrected chi connectivity index (χ3v) is 3.73. The standard InChI is InChI=1S/C18H22N2O4/c1-12-6-5-7-13(2)17(12)19-16(21)11-20(3)10-14-8-9-15(24-14)18(22)23-4/h5-9H,10-11H2,1-4H3,(H,19,21)/p+1. The minimum atomic E-state index is -0.508. The summed E-state index contributed by atoms with van der Waals surface area (Å²) in [5.74, 6) is 0.226. The van der Waals surface area contributed by atoms with Crippen molar-refractivity contribution in [3.8, 4) is 0 Å². The van der Waals surface area contributed by atoms with E-state index < -0.39 is 5.97 Å². The number of quaternary nitrogens is 1. The average Bonchev–Trinajstić information content (AvgIpc) is 2.98. The molecule has 1 heterocycles. The second-order valence-corrected chi connectivity index (χ2v) is 5.88. The van der Waals surface area contributed by atoms with E-state index in [0.717, 1.165) is 21.7 Å². The molecule has 0 aliphatic heterocycles. The number of amides is 1. The minimum absolute atomic E-state index is 0.0651. The van der Waals surface area contributed by atoms with Gasteiger partial charge >= 0.3 is 5.97 Å². The number of para-hydroxylation sites is 1. The van der Waals surface area contributed by atoms with E-state index >= 15 is 0 Å². The summed E-state index contributed by atoms with van der Waals surface area (Å²) in [6.45, 7) is 4.73. The largest absolute Gasteiger partial charge is 0.463 e. The third-order valence-electron chi connectivity index (χ3n) is 3.73. The van der Waals surface area contributed by atoms with Gasteiger partial charge in [-0.05, 0) is 37.1 Å². The predicted octanol–water partition coefficient (Wildman–Crippen LogP) is 1.34. The molecule has 2 aromatic rings. The fraction of sp³-hybridized carbons (Fsp3) is 0.333. The molecule has 0 saturated carbocycles. The van der Waals surface area contributed by atoms with E-state index in [0.29, 0.717) is 18.8 Å². The van der Waals surface area contributed by atoms with Crippen molar-refractivity contribution in [3.05, 3.63) is 53.0 Å². The molecule has 1 amide bonds. The van der Waals surface area contributed by atoms with Crippen LogP contribution < -0.4 is 10.2 Å². The van der Waals surface area contributed by atoms with Crippen molar-refractivity contribution in [1.82, 2.24) is 0 Å². The SMILES string of the molecule is COC(=O)c1ccc(C[NH+](C)CC(=O)Nc2c(C)cccc2C)o1. The van der Waals surface area contributed by atoms with Gasteiger partial charge in [0.1, 0.15) is 6.54 Å². The highest BCUT2D eigenvalue weighted by molar-refractivity contribution is 5.93. The van der Waals surface area contributed by atoms with Crippen LogP contribution in [-0.2, 0) is 16.1 Å². The Balaban J connectivity index is 1.92. The van der Waals surface area contributed by atoms with E-state index in [9.17, 15) is 9.59 Å². The molecule has 128 valence electrons. The molecule has 0 radical (unpaired) electrons. The summed E-state index contributed by atoms with van der Waals surface area (Å²) in [5.41, 5.74) is 2.94. The van der Waals surface area contributed by atoms with Crippen LogP contribution in [0.4, 0.5) is 5.69 Å². The Kier molecular flexibility index (Phi) is 5.76. The van der Waals surface area contributed by atoms with Crippen LogP contribution in [0.1, 0.15) is 27.4 Å². The lowest BCUT2D eigenvalue weighted by Gasteiger charge is -2.15. The number of likely N-dealkylation sites (N-methyl/N-ethyl adjacent to an activating group) is 1. The number of methoxy groups -OCH3 is 1. The van der Waals surface area contributed by atoms with Crippen LogP contribution in [0.2, 0.25) is 0 Å². The molecule has 0 spiro atoms. The van der Waals surface area contributed by atoms with Gasteiger partial charge in [0.2, 0.25) is 5.76 Å². The van der Waals surface area contributed by atoms with E-state index in [1.54, 1.807) is 12.1 Å². The second kappa shape index (κ2) is 7.79. The highest BCUT2D eigenvalue weighted by atomic mass is 16.5. The smallest absolute Gasteiger partial charge is 0.373 e. The number of rotatable bonds is 6. The molecule has 0 saturated heterocycles. The lowest BCUT2D eigenvalue weighted by Crippen LogP contribution is -3.08. The number of hydrogen-bond acceptors (Lipinski definition) is 4. The van der Waals surface area contributed by atoms with Crippen molar-refractivity contribution in [2.24, 2.45) is 0 Å². The van der Waals surface area contributed by atoms with Crippen LogP contribution in [0.25, 0.3) is 0 Å². The monoisotopic (exact) mass is 331 g/mol. The number of furan rings is 1. The molecule has 0 fully saturated rings. The molecule has 6 heteroatoms. The molecule has 0 aliphatic rings. The number of esters is 1. The number of carbonyl (C=O) groups excluding carboxylic acids is 2. The molecule has 2 N–H and O–H groups in total. The van der Waals surface area contributed by atoms with Crippen molar-refractivity contribution < 1.29 is 23.6 Å². The Morgan fingerprint density at radius 1 is 1.17 bits per heavy atom. The number of ether oxygens (including phenoxy) is 1. The van der Waals surface area contributed by atoms with Crippen molar-refractivity contribution in [1.29, 1.82) is 0 Å². The Morgan fingerprint density at radius 2 is 1.83 bits per heavy atom. The van der Waals surface area contributed by atoms with Crippen LogP contribution in [0, 0.1) is 13.8 Å². The van der Waals surface area contributed by atoms with E-state index in [1.807, 2.05) is 39.1 Å². The van der Waals surface area contributed by atoms with Gasteiger partial charge in [-0.15, -0.1) is 0 Å². The zero-order chi connectivity index (χ0) is 17.7. The zero-order valence-electron chi connectivity index (χ0n) is 14.4. The first-order chi connectivity index (χ1) is 11.4. The van der Waals surface area contributed by atoms with Gasteiger partial charge in [0.25, 0.3) is 5.91 Å². The normalized spacial score (nSPS) is 11.8. The number of benzene rings is 1. The molecule has 1 aromatic carbocycles. The van der Waals surface area contributed by atoms with Gasteiger partial charge in [-0.2, -0.15) is 0 Å². The maximum atomic E-state index is 12.2. The lowest BCUT2D eigenvalue weighted by molar-refractivity contribution is -0.886. The lowest BCUT2D eigenvalue weighted by atomic mass is 10.1. The summed E-state index contributed by atoms with van der Waals surface area (Å²) < 4.78 is 10.0. The highest BCUT2D eigenvalue weighted by Gasteiger charge is 2.16. The molecule has 6 nitrogen and oxygen atoms in total. The maximum absolute atomic E-state index is 12.2. The molecule has 1 unspecified atom stereocenters. The summed E-state index contributed by atoms with van der Waals surface area (Å²) in [5, 5.41) is 2.96. The summed E-state index contributed by atoms with van der Waals surface area (Å²) >= 11 is 0. The van der Waals surface area contributed by atoms with Crippen molar-refractivity contribution in [2.75, 3.05) is 26.0 Å². The zero-order valence-corrected chi connectivity index (χ0v) is 14.4. The molecular weight excluding hydrogens is 308 g/mol. The summed E-state index contributed by atoms with van der Waals surface area (Å²) in [7, 11) is 3.20. The molecular formula is C18H23N2O4+. The van der Waals surface area contributed by atoms with Gasteiger partial charge in [0.15, 0.2) is 12.3 Å². The summed E-state index contributed by atoms with van der Waals surface area (Å²) in [4.78, 5) is 24.6. The molecule has 1 atom stereocenters. The number of aryl methyl sites for hydroxylation is 2. The Morgan fingerprint density at radius 3 is 2.46 bits per heavy atom. The van der Waals surface area contributed by atoms with E-state index in [1.165, 1.54) is 7.11 Å². The third kappa shape index (κ3) is 4.45. The topological polar surface area (TPSA) is 73.0 Å². The molecule has 1 aromatic heterocycles. The highest BCUT2D eigenvalue weighted by Crippen LogP contribution is 2.18. The van der Waals surface area contributed by atoms with Crippen LogP contribution in [0.3, 0.4) is 0 Å². The van der Waals surface area contributed by atoms with Crippen LogP contribution in [-0.4, -0.2) is 32.6 Å². The van der Waals surface area contributed by atoms with Gasteiger partial charge in [-0.1, -0.05) is 18.2 Å². The Hall–Kier alpha value is -2.60. The van der Waals surface area contributed by atoms with E-state index in [-0.39, 0.29) is 11.7 Å². The Labute approximate surface area is 141 Å². The number of anilines is 1. The number of nitrogens with one attached hydrogen (secondary N) is 2. The van der Waals surface area contributed by atoms with Crippen molar-refractivity contribution >= 4 is 17.6 Å². The van der Waals surface area contributed by atoms with Crippen LogP contribution in [0.15, 0.2) is 34.7 Å². The van der Waals surface area contributed by atoms with Gasteiger partial charge < -0.3 is 19.4 Å². The first-order valence-electron chi connectivity index (χ1n) is 7.75. The van der Waals surface area contributed by atoms with E-state index in [2.05, 4.69) is 10.1 Å². The summed E-state index contributed by atoms with van der Waals surface area (Å²) in [6.07, 6.45) is 0. The van der Waals surface area contributed by atoms with Gasteiger partial charge in [0.05, 0.1) is 14.2 Å². The first-order valence-corrected chi connectivity index (χ1v) is 7.75. The minimum Gasteiger partial charge on any atom is -0.463 e. The molecule has 0 bridgehead atoms. The second-order valence-electron chi connectivity index (χ2n) is 5.88. The first kappa shape index (κ1) is 17.7. The van der Waals surface area contributed by atoms with Crippen LogP contribution >= 0.6 is 0 Å². The number of carbonyl (C=O) groups is 2. The van der Waals surface area contributed by atoms with Gasteiger partial charge in [0, 0.05) is 5.69 Å². The van der Waals surface area contributed by atoms with Crippen LogP contribution in [0.5, 0.6) is 0 Å². The van der Waals surface area contributed by atoms with Crippen molar-refractivity contribution in [3.63, 3.8) is 0 Å².